The molecule has 53 heavy (non-hydrogen) atoms. The number of nitrogens with two attached hydrogens (primary N) is 1. The molecule has 5 N–H and O–H groups in total. The third kappa shape index (κ3) is 13.3. The second-order valence-electron chi connectivity index (χ2n) is 16.1. The number of Topliss-reactive ketones (excluding diaryl/α,β-unsaturated/α-hetero) is 1. The number of fused-ring (bicyclic) bond motifs is 2. The summed E-state index contributed by atoms with van der Waals surface area (Å²) in [6.45, 7) is 17.2. The van der Waals surface area contributed by atoms with Gasteiger partial charge in [0.15, 0.2) is 12.1 Å². The summed E-state index contributed by atoms with van der Waals surface area (Å²) in [5.41, 5.74) is 7.13. The first-order valence-corrected chi connectivity index (χ1v) is 19.6. The Labute approximate surface area is 316 Å². The second kappa shape index (κ2) is 20.3. The van der Waals surface area contributed by atoms with Crippen molar-refractivity contribution >= 4 is 17.8 Å². The average Bonchev–Trinajstić information content (AvgIpc) is 3.09. The second-order valence-corrected chi connectivity index (χ2v) is 16.1. The van der Waals surface area contributed by atoms with E-state index in [0.717, 1.165) is 17.6 Å². The quantitative estimate of drug-likeness (QED) is 0.151. The third-order valence-corrected chi connectivity index (χ3v) is 11.2. The Balaban J connectivity index is 1.90. The minimum Gasteiger partial charge on any atom is -0.462 e. The summed E-state index contributed by atoms with van der Waals surface area (Å²) in [4.78, 5) is 37.5. The molecule has 14 unspecified atom stereocenters. The monoisotopic (exact) mass is 749 g/mol. The Morgan fingerprint density at radius 3 is 2.42 bits per heavy atom. The number of primary amides is 1. The van der Waals surface area contributed by atoms with Gasteiger partial charge in [0, 0.05) is 25.2 Å². The number of aliphatic hydroxyl groups is 3. The first-order valence-electron chi connectivity index (χ1n) is 19.6. The smallest absolute Gasteiger partial charge is 0.404 e. The van der Waals surface area contributed by atoms with Crippen LogP contribution in [0.3, 0.4) is 0 Å². The summed E-state index contributed by atoms with van der Waals surface area (Å²) in [6, 6.07) is 0. The fraction of sp³-hybridized carbons (Fsp3) is 0.780. The van der Waals surface area contributed by atoms with E-state index in [0.29, 0.717) is 32.1 Å². The minimum atomic E-state index is -1.73. The van der Waals surface area contributed by atoms with Crippen molar-refractivity contribution < 1.29 is 53.4 Å². The third-order valence-electron chi connectivity index (χ3n) is 11.2. The van der Waals surface area contributed by atoms with Crippen molar-refractivity contribution in [3.8, 4) is 0 Å². The summed E-state index contributed by atoms with van der Waals surface area (Å²) in [7, 11) is 0. The fourth-order valence-corrected chi connectivity index (χ4v) is 8.07. The highest BCUT2D eigenvalue weighted by atomic mass is 16.7. The molecule has 3 rings (SSSR count). The van der Waals surface area contributed by atoms with Gasteiger partial charge in [0.2, 0.25) is 0 Å². The Hall–Kier alpha value is -2.61. The zero-order valence-corrected chi connectivity index (χ0v) is 33.4. The molecule has 3 heterocycles. The highest BCUT2D eigenvalue weighted by Gasteiger charge is 2.41. The SMILES string of the molecule is CCC(=O)C(C)C(O)C(C)CC(C)C1OC(=O)CC2(O)CC=C(C)C(O2)C(C)=CCCCC(OC2CC(OC(N)=O)C(O)C(C)O2)C=CC(C)CC1C. The van der Waals surface area contributed by atoms with Crippen LogP contribution in [0, 0.1) is 29.6 Å². The van der Waals surface area contributed by atoms with E-state index in [4.69, 9.17) is 29.4 Å². The highest BCUT2D eigenvalue weighted by molar-refractivity contribution is 5.80. The number of carbonyl (C=O) groups is 3. The number of aliphatic hydroxyl groups excluding tert-OH is 2. The van der Waals surface area contributed by atoms with Gasteiger partial charge < -0.3 is 44.7 Å². The van der Waals surface area contributed by atoms with E-state index in [2.05, 4.69) is 19.1 Å². The van der Waals surface area contributed by atoms with E-state index in [1.165, 1.54) is 0 Å². The number of ketones is 1. The maximum absolute atomic E-state index is 13.6. The molecule has 1 fully saturated rings. The maximum atomic E-state index is 13.6. The molecule has 0 radical (unpaired) electrons. The summed E-state index contributed by atoms with van der Waals surface area (Å²) < 4.78 is 30.0. The zero-order chi connectivity index (χ0) is 39.6. The van der Waals surface area contributed by atoms with Crippen molar-refractivity contribution in [1.82, 2.24) is 0 Å². The van der Waals surface area contributed by atoms with Gasteiger partial charge in [-0.25, -0.2) is 4.79 Å². The molecule has 0 aromatic carbocycles. The van der Waals surface area contributed by atoms with Crippen LogP contribution in [0.4, 0.5) is 4.79 Å². The summed E-state index contributed by atoms with van der Waals surface area (Å²) in [5.74, 6) is -3.23. The van der Waals surface area contributed by atoms with Gasteiger partial charge >= 0.3 is 12.1 Å². The molecule has 14 atom stereocenters. The van der Waals surface area contributed by atoms with Crippen LogP contribution in [0.15, 0.2) is 35.5 Å². The van der Waals surface area contributed by atoms with Crippen molar-refractivity contribution in [2.75, 3.05) is 0 Å². The molecule has 0 aromatic rings. The molecule has 0 aromatic heterocycles. The molecule has 3 aliphatic heterocycles. The lowest BCUT2D eigenvalue weighted by Gasteiger charge is -2.38. The molecule has 3 aliphatic rings. The summed E-state index contributed by atoms with van der Waals surface area (Å²) >= 11 is 0. The number of rotatable bonds is 10. The van der Waals surface area contributed by atoms with Crippen LogP contribution in [0.1, 0.15) is 120 Å². The molecule has 1 saturated heterocycles. The first kappa shape index (κ1) is 44.8. The van der Waals surface area contributed by atoms with Crippen molar-refractivity contribution in [3.05, 3.63) is 35.5 Å². The molecular formula is C41H67NO11. The van der Waals surface area contributed by atoms with E-state index in [1.807, 2.05) is 46.8 Å². The van der Waals surface area contributed by atoms with Crippen molar-refractivity contribution in [2.24, 2.45) is 35.3 Å². The van der Waals surface area contributed by atoms with Gasteiger partial charge in [-0.3, -0.25) is 9.59 Å². The zero-order valence-electron chi connectivity index (χ0n) is 33.4. The van der Waals surface area contributed by atoms with Crippen LogP contribution in [0.5, 0.6) is 0 Å². The molecule has 2 bridgehead atoms. The van der Waals surface area contributed by atoms with E-state index in [-0.39, 0.29) is 54.8 Å². The van der Waals surface area contributed by atoms with Crippen LogP contribution >= 0.6 is 0 Å². The van der Waals surface area contributed by atoms with Crippen LogP contribution in [0.25, 0.3) is 0 Å². The lowest BCUT2D eigenvalue weighted by Crippen LogP contribution is -2.50. The van der Waals surface area contributed by atoms with E-state index >= 15 is 0 Å². The first-order chi connectivity index (χ1) is 24.8. The van der Waals surface area contributed by atoms with E-state index in [9.17, 15) is 29.7 Å². The summed E-state index contributed by atoms with van der Waals surface area (Å²) in [5, 5.41) is 33.1. The minimum absolute atomic E-state index is 0.00488. The highest BCUT2D eigenvalue weighted by Crippen LogP contribution is 2.35. The molecular weight excluding hydrogens is 682 g/mol. The van der Waals surface area contributed by atoms with Crippen LogP contribution in [-0.2, 0) is 33.3 Å². The van der Waals surface area contributed by atoms with Crippen LogP contribution in [-0.4, -0.2) is 88.0 Å². The molecule has 0 aliphatic carbocycles. The molecule has 302 valence electrons. The van der Waals surface area contributed by atoms with Gasteiger partial charge in [-0.1, -0.05) is 65.8 Å². The number of hydrogen-bond donors (Lipinski definition) is 4. The fourth-order valence-electron chi connectivity index (χ4n) is 8.07. The Bertz CT molecular complexity index is 1310. The number of allylic oxidation sites excluding steroid dienone is 2. The number of carbonyl (C=O) groups excluding carboxylic acids is 3. The molecule has 0 saturated carbocycles. The Morgan fingerprint density at radius 1 is 1.08 bits per heavy atom. The van der Waals surface area contributed by atoms with Gasteiger partial charge in [0.25, 0.3) is 0 Å². The number of hydrogen-bond acceptors (Lipinski definition) is 11. The van der Waals surface area contributed by atoms with Gasteiger partial charge in [0.1, 0.15) is 30.2 Å². The normalized spacial score (nSPS) is 36.0. The van der Waals surface area contributed by atoms with Gasteiger partial charge in [-0.05, 0) is 87.7 Å². The van der Waals surface area contributed by atoms with E-state index < -0.39 is 66.7 Å². The van der Waals surface area contributed by atoms with Crippen molar-refractivity contribution in [1.29, 1.82) is 0 Å². The number of amides is 1. The lowest BCUT2D eigenvalue weighted by atomic mass is 9.79. The van der Waals surface area contributed by atoms with Crippen molar-refractivity contribution in [2.45, 2.75) is 175 Å². The topological polar surface area (TPSA) is 184 Å². The van der Waals surface area contributed by atoms with Gasteiger partial charge in [0.05, 0.1) is 24.7 Å². The van der Waals surface area contributed by atoms with Crippen molar-refractivity contribution in [3.63, 3.8) is 0 Å². The standard InChI is InChI=1S/C41H67NO11/c1-10-32(43)29(8)36(45)26(5)20-28(7)38-27(6)19-23(2)15-16-31(50-35-21-33(51-40(42)47)37(46)30(9)49-35)14-12-11-13-24(3)39-25(4)17-18-41(48,53-39)22-34(44)52-38/h13,15-17,23,26-31,33,35-39,45-46,48H,10-12,14,18-22H2,1-9H3,(H2,42,47). The summed E-state index contributed by atoms with van der Waals surface area (Å²) in [6.07, 6.45) is 5.26. The maximum Gasteiger partial charge on any atom is 0.404 e. The Kier molecular flexibility index (Phi) is 17.2. The lowest BCUT2D eigenvalue weighted by molar-refractivity contribution is -0.254. The van der Waals surface area contributed by atoms with E-state index in [1.54, 1.807) is 20.8 Å². The average molecular weight is 750 g/mol. The molecule has 0 spiro atoms. The largest absolute Gasteiger partial charge is 0.462 e. The molecule has 12 heteroatoms. The van der Waals surface area contributed by atoms with Gasteiger partial charge in [-0.2, -0.15) is 0 Å². The molecule has 1 amide bonds. The van der Waals surface area contributed by atoms with Crippen LogP contribution in [0.2, 0.25) is 0 Å². The van der Waals surface area contributed by atoms with Gasteiger partial charge in [-0.15, -0.1) is 0 Å². The molecule has 12 nitrogen and oxygen atoms in total. The number of esters is 1. The predicted octanol–water partition coefficient (Wildman–Crippen LogP) is 6.04. The number of cyclic esters (lactones) is 1. The Morgan fingerprint density at radius 2 is 1.75 bits per heavy atom. The predicted molar refractivity (Wildman–Crippen MR) is 200 cm³/mol. The number of ether oxygens (including phenoxy) is 5. The van der Waals surface area contributed by atoms with Crippen LogP contribution < -0.4 is 5.73 Å².